The standard InChI is InChI=1S/C25H22N2O4/c1-3-31-21-13-9-18(10-14-21)26-23-22(17-7-5-4-6-8-17)24(28)27(25(23)29)19-11-15-20(30-2)16-12-19/h4-16,26H,3H2,1-2H3. The maximum atomic E-state index is 13.4. The Kier molecular flexibility index (Phi) is 5.71. The van der Waals surface area contributed by atoms with Gasteiger partial charge in [-0.15, -0.1) is 0 Å². The first-order valence-corrected chi connectivity index (χ1v) is 9.94. The molecule has 0 saturated heterocycles. The molecule has 0 unspecified atom stereocenters. The van der Waals surface area contributed by atoms with Crippen LogP contribution in [0.2, 0.25) is 0 Å². The average molecular weight is 414 g/mol. The lowest BCUT2D eigenvalue weighted by Gasteiger charge is -2.16. The fourth-order valence-corrected chi connectivity index (χ4v) is 3.43. The van der Waals surface area contributed by atoms with Crippen molar-refractivity contribution in [2.24, 2.45) is 0 Å². The maximum absolute atomic E-state index is 13.4. The van der Waals surface area contributed by atoms with E-state index in [2.05, 4.69) is 5.32 Å². The topological polar surface area (TPSA) is 67.9 Å². The number of carbonyl (C=O) groups is 2. The Hall–Kier alpha value is -4.06. The molecule has 0 atom stereocenters. The smallest absolute Gasteiger partial charge is 0.282 e. The summed E-state index contributed by atoms with van der Waals surface area (Å²) >= 11 is 0. The van der Waals surface area contributed by atoms with Gasteiger partial charge in [0.1, 0.15) is 17.2 Å². The predicted octanol–water partition coefficient (Wildman–Crippen LogP) is 4.49. The Morgan fingerprint density at radius 2 is 1.45 bits per heavy atom. The largest absolute Gasteiger partial charge is 0.497 e. The zero-order chi connectivity index (χ0) is 21.8. The fraction of sp³-hybridized carbons (Fsp3) is 0.120. The van der Waals surface area contributed by atoms with Crippen LogP contribution in [0.5, 0.6) is 11.5 Å². The molecule has 0 bridgehead atoms. The lowest BCUT2D eigenvalue weighted by atomic mass is 10.0. The van der Waals surface area contributed by atoms with Gasteiger partial charge in [0.25, 0.3) is 11.8 Å². The average Bonchev–Trinajstić information content (AvgIpc) is 3.05. The molecule has 6 heteroatoms. The van der Waals surface area contributed by atoms with E-state index in [1.165, 1.54) is 4.90 Å². The van der Waals surface area contributed by atoms with E-state index in [-0.39, 0.29) is 11.6 Å². The molecule has 1 N–H and O–H groups in total. The van der Waals surface area contributed by atoms with Crippen molar-refractivity contribution in [2.45, 2.75) is 6.92 Å². The number of carbonyl (C=O) groups excluding carboxylic acids is 2. The number of nitrogens with one attached hydrogen (secondary N) is 1. The minimum Gasteiger partial charge on any atom is -0.497 e. The molecule has 31 heavy (non-hydrogen) atoms. The minimum absolute atomic E-state index is 0.233. The third kappa shape index (κ3) is 4.00. The highest BCUT2D eigenvalue weighted by atomic mass is 16.5. The molecule has 4 rings (SSSR count). The molecule has 0 spiro atoms. The van der Waals surface area contributed by atoms with Crippen molar-refractivity contribution in [1.82, 2.24) is 0 Å². The third-order valence-corrected chi connectivity index (χ3v) is 4.91. The van der Waals surface area contributed by atoms with Crippen LogP contribution in [-0.4, -0.2) is 25.5 Å². The highest BCUT2D eigenvalue weighted by Crippen LogP contribution is 2.34. The number of ether oxygens (including phenoxy) is 2. The molecule has 1 aliphatic rings. The van der Waals surface area contributed by atoms with E-state index in [1.807, 2.05) is 61.5 Å². The molecule has 0 radical (unpaired) electrons. The molecule has 0 aliphatic carbocycles. The highest BCUT2D eigenvalue weighted by molar-refractivity contribution is 6.46. The third-order valence-electron chi connectivity index (χ3n) is 4.91. The van der Waals surface area contributed by atoms with Crippen molar-refractivity contribution in [3.05, 3.63) is 90.1 Å². The molecule has 0 aromatic heterocycles. The van der Waals surface area contributed by atoms with Crippen molar-refractivity contribution in [3.8, 4) is 11.5 Å². The van der Waals surface area contributed by atoms with Crippen LogP contribution >= 0.6 is 0 Å². The van der Waals surface area contributed by atoms with Gasteiger partial charge in [-0.25, -0.2) is 4.90 Å². The van der Waals surface area contributed by atoms with Gasteiger partial charge in [0.2, 0.25) is 0 Å². The number of hydrogen-bond acceptors (Lipinski definition) is 5. The first kappa shape index (κ1) is 20.2. The number of nitrogens with zero attached hydrogens (tertiary/aromatic N) is 1. The predicted molar refractivity (Wildman–Crippen MR) is 120 cm³/mol. The van der Waals surface area contributed by atoms with Crippen molar-refractivity contribution in [3.63, 3.8) is 0 Å². The molecule has 3 aromatic rings. The van der Waals surface area contributed by atoms with Crippen LogP contribution in [0.1, 0.15) is 12.5 Å². The van der Waals surface area contributed by atoms with Crippen molar-refractivity contribution in [1.29, 1.82) is 0 Å². The Morgan fingerprint density at radius 3 is 2.06 bits per heavy atom. The minimum atomic E-state index is -0.414. The van der Waals surface area contributed by atoms with Crippen LogP contribution in [0.3, 0.4) is 0 Å². The molecular weight excluding hydrogens is 392 g/mol. The van der Waals surface area contributed by atoms with E-state index < -0.39 is 5.91 Å². The summed E-state index contributed by atoms with van der Waals surface area (Å²) in [6, 6.07) is 23.3. The van der Waals surface area contributed by atoms with E-state index >= 15 is 0 Å². The van der Waals surface area contributed by atoms with Crippen LogP contribution in [-0.2, 0) is 9.59 Å². The highest BCUT2D eigenvalue weighted by Gasteiger charge is 2.40. The molecule has 156 valence electrons. The summed E-state index contributed by atoms with van der Waals surface area (Å²) in [5.74, 6) is 0.587. The lowest BCUT2D eigenvalue weighted by Crippen LogP contribution is -2.32. The summed E-state index contributed by atoms with van der Waals surface area (Å²) in [5.41, 5.74) is 2.40. The number of hydrogen-bond donors (Lipinski definition) is 1. The monoisotopic (exact) mass is 414 g/mol. The van der Waals surface area contributed by atoms with Gasteiger partial charge in [0.15, 0.2) is 0 Å². The second-order valence-electron chi connectivity index (χ2n) is 6.84. The van der Waals surface area contributed by atoms with Crippen molar-refractivity contribution in [2.75, 3.05) is 23.9 Å². The first-order valence-electron chi connectivity index (χ1n) is 9.94. The van der Waals surface area contributed by atoms with Gasteiger partial charge in [0, 0.05) is 5.69 Å². The maximum Gasteiger partial charge on any atom is 0.282 e. The summed E-state index contributed by atoms with van der Waals surface area (Å²) < 4.78 is 10.7. The van der Waals surface area contributed by atoms with Gasteiger partial charge in [-0.05, 0) is 61.0 Å². The van der Waals surface area contributed by atoms with Crippen molar-refractivity contribution >= 4 is 28.8 Å². The van der Waals surface area contributed by atoms with Gasteiger partial charge in [-0.1, -0.05) is 30.3 Å². The number of benzene rings is 3. The summed E-state index contributed by atoms with van der Waals surface area (Å²) in [6.45, 7) is 2.49. The van der Waals surface area contributed by atoms with Gasteiger partial charge in [0.05, 0.1) is 25.0 Å². The number of anilines is 2. The Bertz CT molecular complexity index is 1120. The number of methoxy groups -OCH3 is 1. The molecule has 1 aliphatic heterocycles. The number of imide groups is 1. The Labute approximate surface area is 180 Å². The molecule has 0 fully saturated rings. The molecule has 1 heterocycles. The van der Waals surface area contributed by atoms with E-state index in [4.69, 9.17) is 9.47 Å². The van der Waals surface area contributed by atoms with Gasteiger partial charge in [-0.3, -0.25) is 9.59 Å². The SMILES string of the molecule is CCOc1ccc(NC2=C(c3ccccc3)C(=O)N(c3ccc(OC)cc3)C2=O)cc1. The zero-order valence-corrected chi connectivity index (χ0v) is 17.3. The number of amides is 2. The lowest BCUT2D eigenvalue weighted by molar-refractivity contribution is -0.120. The van der Waals surface area contributed by atoms with Crippen molar-refractivity contribution < 1.29 is 19.1 Å². The molecule has 3 aromatic carbocycles. The van der Waals surface area contributed by atoms with E-state index in [1.54, 1.807) is 31.4 Å². The second kappa shape index (κ2) is 8.75. The quantitative estimate of drug-likeness (QED) is 0.577. The zero-order valence-electron chi connectivity index (χ0n) is 17.3. The van der Waals surface area contributed by atoms with E-state index in [0.717, 1.165) is 5.75 Å². The van der Waals surface area contributed by atoms with Gasteiger partial charge in [-0.2, -0.15) is 0 Å². The van der Waals surface area contributed by atoms with Crippen LogP contribution < -0.4 is 19.7 Å². The van der Waals surface area contributed by atoms with Crippen LogP contribution in [0.15, 0.2) is 84.6 Å². The fourth-order valence-electron chi connectivity index (χ4n) is 3.43. The summed E-state index contributed by atoms with van der Waals surface area (Å²) in [4.78, 5) is 27.9. The van der Waals surface area contributed by atoms with E-state index in [0.29, 0.717) is 34.9 Å². The Morgan fingerprint density at radius 1 is 0.806 bits per heavy atom. The van der Waals surface area contributed by atoms with Crippen LogP contribution in [0.25, 0.3) is 5.57 Å². The number of rotatable bonds is 7. The Balaban J connectivity index is 1.73. The van der Waals surface area contributed by atoms with Gasteiger partial charge >= 0.3 is 0 Å². The second-order valence-corrected chi connectivity index (χ2v) is 6.84. The summed E-state index contributed by atoms with van der Waals surface area (Å²) in [6.07, 6.45) is 0. The normalized spacial score (nSPS) is 13.5. The molecule has 0 saturated carbocycles. The molecule has 2 amide bonds. The molecule has 6 nitrogen and oxygen atoms in total. The van der Waals surface area contributed by atoms with E-state index in [9.17, 15) is 9.59 Å². The van der Waals surface area contributed by atoms with Crippen LogP contribution in [0.4, 0.5) is 11.4 Å². The molecular formula is C25H22N2O4. The summed E-state index contributed by atoms with van der Waals surface area (Å²) in [7, 11) is 1.56. The van der Waals surface area contributed by atoms with Gasteiger partial charge < -0.3 is 14.8 Å². The van der Waals surface area contributed by atoms with Crippen LogP contribution in [0, 0.1) is 0 Å². The first-order chi connectivity index (χ1) is 15.1. The summed E-state index contributed by atoms with van der Waals surface area (Å²) in [5, 5.41) is 3.15.